The fourth-order valence-corrected chi connectivity index (χ4v) is 2.10. The molecule has 3 amide bonds. The number of urea groups is 1. The number of nitrogens with one attached hydrogen (secondary N) is 2. The molecule has 1 atom stereocenters. The fraction of sp³-hybridized carbons (Fsp3) is 0.385. The first-order valence-electron chi connectivity index (χ1n) is 5.82. The van der Waals surface area contributed by atoms with E-state index in [2.05, 4.69) is 10.6 Å². The van der Waals surface area contributed by atoms with Gasteiger partial charge in [-0.2, -0.15) is 0 Å². The Morgan fingerprint density at radius 2 is 2.06 bits per heavy atom. The van der Waals surface area contributed by atoms with E-state index in [-0.39, 0.29) is 5.91 Å². The summed E-state index contributed by atoms with van der Waals surface area (Å²) in [7, 11) is 1.54. The van der Waals surface area contributed by atoms with Crippen LogP contribution >= 0.6 is 0 Å². The predicted octanol–water partition coefficient (Wildman–Crippen LogP) is 1.31. The van der Waals surface area contributed by atoms with Crippen molar-refractivity contribution < 1.29 is 14.3 Å². The Hall–Kier alpha value is -2.04. The van der Waals surface area contributed by atoms with Crippen LogP contribution in [0.15, 0.2) is 18.2 Å². The van der Waals surface area contributed by atoms with Gasteiger partial charge in [0.15, 0.2) is 0 Å². The smallest absolute Gasteiger partial charge is 0.322 e. The summed E-state index contributed by atoms with van der Waals surface area (Å²) in [5, 5.41) is 4.89. The Labute approximate surface area is 106 Å². The highest BCUT2D eigenvalue weighted by Crippen LogP contribution is 2.33. The number of methoxy groups -OCH3 is 1. The van der Waals surface area contributed by atoms with Crippen molar-refractivity contribution in [2.45, 2.75) is 25.8 Å². The van der Waals surface area contributed by atoms with Gasteiger partial charge in [-0.3, -0.25) is 10.1 Å². The zero-order chi connectivity index (χ0) is 13.3. The lowest BCUT2D eigenvalue weighted by Crippen LogP contribution is -2.40. The van der Waals surface area contributed by atoms with Gasteiger partial charge >= 0.3 is 6.03 Å². The molecule has 1 unspecified atom stereocenters. The van der Waals surface area contributed by atoms with Crippen LogP contribution in [0.25, 0.3) is 0 Å². The van der Waals surface area contributed by atoms with Crippen molar-refractivity contribution in [2.75, 3.05) is 7.11 Å². The summed E-state index contributed by atoms with van der Waals surface area (Å²) in [5.74, 6) is 0.228. The second kappa shape index (κ2) is 4.33. The molecule has 0 radical (unpaired) electrons. The van der Waals surface area contributed by atoms with Crippen LogP contribution in [-0.2, 0) is 16.8 Å². The number of hydrogen-bond acceptors (Lipinski definition) is 3. The van der Waals surface area contributed by atoms with Gasteiger partial charge in [0, 0.05) is 5.56 Å². The van der Waals surface area contributed by atoms with Gasteiger partial charge < -0.3 is 10.1 Å². The maximum atomic E-state index is 11.9. The molecule has 2 N–H and O–H groups in total. The van der Waals surface area contributed by atoms with Crippen molar-refractivity contribution in [3.8, 4) is 5.75 Å². The van der Waals surface area contributed by atoms with Gasteiger partial charge in [0.1, 0.15) is 11.3 Å². The fourth-order valence-electron chi connectivity index (χ4n) is 2.10. The number of amides is 3. The van der Waals surface area contributed by atoms with E-state index in [0.717, 1.165) is 12.0 Å². The molecule has 5 heteroatoms. The number of aryl methyl sites for hydroxylation is 1. The Morgan fingerprint density at radius 3 is 2.56 bits per heavy atom. The van der Waals surface area contributed by atoms with Gasteiger partial charge in [-0.05, 0) is 31.0 Å². The number of carbonyl (C=O) groups excluding carboxylic acids is 2. The molecular weight excluding hydrogens is 232 g/mol. The molecule has 5 nitrogen and oxygen atoms in total. The molecule has 1 aliphatic rings. The quantitative estimate of drug-likeness (QED) is 0.792. The molecule has 1 aromatic carbocycles. The van der Waals surface area contributed by atoms with E-state index in [1.165, 1.54) is 0 Å². The van der Waals surface area contributed by atoms with E-state index in [0.29, 0.717) is 11.3 Å². The standard InChI is InChI=1S/C13H16N2O3/c1-4-8-5-6-10(18-3)9(7-8)13(2)11(16)14-12(17)15-13/h5-7H,4H2,1-3H3,(H2,14,15,16,17). The molecule has 0 bridgehead atoms. The van der Waals surface area contributed by atoms with Gasteiger partial charge in [-0.1, -0.05) is 13.0 Å². The largest absolute Gasteiger partial charge is 0.496 e. The van der Waals surface area contributed by atoms with Gasteiger partial charge in [-0.15, -0.1) is 0 Å². The maximum Gasteiger partial charge on any atom is 0.322 e. The van der Waals surface area contributed by atoms with Crippen molar-refractivity contribution in [1.29, 1.82) is 0 Å². The van der Waals surface area contributed by atoms with Crippen molar-refractivity contribution in [1.82, 2.24) is 10.6 Å². The molecule has 96 valence electrons. The highest BCUT2D eigenvalue weighted by molar-refractivity contribution is 6.07. The molecule has 1 fully saturated rings. The average molecular weight is 248 g/mol. The summed E-state index contributed by atoms with van der Waals surface area (Å²) < 4.78 is 5.27. The van der Waals surface area contributed by atoms with Crippen LogP contribution in [-0.4, -0.2) is 19.0 Å². The summed E-state index contributed by atoms with van der Waals surface area (Å²) in [5.41, 5.74) is 0.682. The van der Waals surface area contributed by atoms with Crippen LogP contribution in [0, 0.1) is 0 Å². The van der Waals surface area contributed by atoms with Crippen LogP contribution < -0.4 is 15.4 Å². The molecule has 1 heterocycles. The van der Waals surface area contributed by atoms with E-state index >= 15 is 0 Å². The van der Waals surface area contributed by atoms with Crippen molar-refractivity contribution in [3.63, 3.8) is 0 Å². The van der Waals surface area contributed by atoms with Crippen LogP contribution in [0.4, 0.5) is 4.79 Å². The normalized spacial score (nSPS) is 22.6. The molecule has 1 aromatic rings. The van der Waals surface area contributed by atoms with Crippen LogP contribution in [0.3, 0.4) is 0 Å². The Balaban J connectivity index is 2.55. The minimum absolute atomic E-state index is 0.362. The zero-order valence-corrected chi connectivity index (χ0v) is 10.7. The number of hydrogen-bond donors (Lipinski definition) is 2. The van der Waals surface area contributed by atoms with E-state index in [1.54, 1.807) is 14.0 Å². The predicted molar refractivity (Wildman–Crippen MR) is 66.4 cm³/mol. The molecule has 0 saturated carbocycles. The van der Waals surface area contributed by atoms with Crippen molar-refractivity contribution in [2.24, 2.45) is 0 Å². The summed E-state index contributed by atoms with van der Waals surface area (Å²) in [6.07, 6.45) is 0.850. The third-order valence-corrected chi connectivity index (χ3v) is 3.26. The average Bonchev–Trinajstić information content (AvgIpc) is 2.63. The Kier molecular flexibility index (Phi) is 2.98. The zero-order valence-electron chi connectivity index (χ0n) is 10.7. The van der Waals surface area contributed by atoms with Gasteiger partial charge in [0.25, 0.3) is 5.91 Å². The second-order valence-corrected chi connectivity index (χ2v) is 4.42. The summed E-state index contributed by atoms with van der Waals surface area (Å²) >= 11 is 0. The first-order valence-corrected chi connectivity index (χ1v) is 5.82. The number of rotatable bonds is 3. The number of ether oxygens (including phenoxy) is 1. The first kappa shape index (κ1) is 12.4. The summed E-state index contributed by atoms with van der Waals surface area (Å²) in [6, 6.07) is 5.17. The third-order valence-electron chi connectivity index (χ3n) is 3.26. The van der Waals surface area contributed by atoms with Gasteiger partial charge in [0.2, 0.25) is 0 Å². The number of carbonyl (C=O) groups is 2. The van der Waals surface area contributed by atoms with Gasteiger partial charge in [0.05, 0.1) is 7.11 Å². The third kappa shape index (κ3) is 1.81. The lowest BCUT2D eigenvalue weighted by molar-refractivity contribution is -0.123. The molecule has 1 saturated heterocycles. The first-order chi connectivity index (χ1) is 8.51. The topological polar surface area (TPSA) is 67.4 Å². The highest BCUT2D eigenvalue weighted by atomic mass is 16.5. The lowest BCUT2D eigenvalue weighted by Gasteiger charge is -2.24. The summed E-state index contributed by atoms with van der Waals surface area (Å²) in [6.45, 7) is 3.70. The van der Waals surface area contributed by atoms with E-state index in [4.69, 9.17) is 4.74 Å². The van der Waals surface area contributed by atoms with E-state index in [1.807, 2.05) is 25.1 Å². The molecule has 0 spiro atoms. The molecule has 2 rings (SSSR count). The van der Waals surface area contributed by atoms with E-state index in [9.17, 15) is 9.59 Å². The number of benzene rings is 1. The molecule has 0 aliphatic carbocycles. The molecule has 1 aliphatic heterocycles. The molecular formula is C13H16N2O3. The minimum atomic E-state index is -1.08. The van der Waals surface area contributed by atoms with Gasteiger partial charge in [-0.25, -0.2) is 4.79 Å². The van der Waals surface area contributed by atoms with E-state index < -0.39 is 11.6 Å². The second-order valence-electron chi connectivity index (χ2n) is 4.42. The Morgan fingerprint density at radius 1 is 1.33 bits per heavy atom. The van der Waals surface area contributed by atoms with Crippen molar-refractivity contribution in [3.05, 3.63) is 29.3 Å². The highest BCUT2D eigenvalue weighted by Gasteiger charge is 2.45. The SMILES string of the molecule is CCc1ccc(OC)c(C2(C)NC(=O)NC2=O)c1. The lowest BCUT2D eigenvalue weighted by atomic mass is 9.89. The Bertz CT molecular complexity index is 513. The molecule has 18 heavy (non-hydrogen) atoms. The summed E-state index contributed by atoms with van der Waals surface area (Å²) in [4.78, 5) is 23.2. The van der Waals surface area contributed by atoms with Crippen LogP contribution in [0.5, 0.6) is 5.75 Å². The van der Waals surface area contributed by atoms with Crippen LogP contribution in [0.2, 0.25) is 0 Å². The monoisotopic (exact) mass is 248 g/mol. The number of imide groups is 1. The maximum absolute atomic E-state index is 11.9. The molecule has 0 aromatic heterocycles. The van der Waals surface area contributed by atoms with Crippen LogP contribution in [0.1, 0.15) is 25.0 Å². The van der Waals surface area contributed by atoms with Crippen molar-refractivity contribution >= 4 is 11.9 Å². The minimum Gasteiger partial charge on any atom is -0.496 e.